The number of phenolic OH excluding ortho intramolecular Hbond substituents is 1. The molecule has 0 aliphatic rings. The van der Waals surface area contributed by atoms with Crippen molar-refractivity contribution in [2.45, 2.75) is 52.9 Å². The summed E-state index contributed by atoms with van der Waals surface area (Å²) >= 11 is 0. The number of hydrogen-bond acceptors (Lipinski definition) is 3. The van der Waals surface area contributed by atoms with Gasteiger partial charge in [0.2, 0.25) is 0 Å². The summed E-state index contributed by atoms with van der Waals surface area (Å²) in [4.78, 5) is 0. The third kappa shape index (κ3) is 4.50. The van der Waals surface area contributed by atoms with Crippen LogP contribution in [0.5, 0.6) is 17.2 Å². The van der Waals surface area contributed by atoms with Crippen molar-refractivity contribution in [3.05, 3.63) is 71.3 Å². The lowest BCUT2D eigenvalue weighted by Gasteiger charge is -2.30. The minimum atomic E-state index is -1.14. The highest BCUT2D eigenvalue weighted by molar-refractivity contribution is 7.80. The lowest BCUT2D eigenvalue weighted by Crippen LogP contribution is -2.29. The highest BCUT2D eigenvalue weighted by Gasteiger charge is 2.31. The van der Waals surface area contributed by atoms with Gasteiger partial charge in [0, 0.05) is 5.30 Å². The lowest BCUT2D eigenvalue weighted by atomic mass is 9.86. The van der Waals surface area contributed by atoms with Gasteiger partial charge in [0.1, 0.15) is 17.2 Å². The van der Waals surface area contributed by atoms with Gasteiger partial charge in [-0.25, -0.2) is 0 Å². The van der Waals surface area contributed by atoms with E-state index in [-0.39, 0.29) is 5.41 Å². The van der Waals surface area contributed by atoms with E-state index < -0.39 is 7.92 Å². The molecule has 0 radical (unpaired) electrons. The van der Waals surface area contributed by atoms with Crippen molar-refractivity contribution in [2.75, 3.05) is 14.2 Å². The largest absolute Gasteiger partial charge is 0.507 e. The smallest absolute Gasteiger partial charge is 0.130 e. The first-order valence-corrected chi connectivity index (χ1v) is 12.6. The molecule has 0 aliphatic heterocycles. The second-order valence-corrected chi connectivity index (χ2v) is 10.9. The number of methoxy groups -OCH3 is 2. The van der Waals surface area contributed by atoms with Crippen LogP contribution >= 0.6 is 7.92 Å². The van der Waals surface area contributed by atoms with Gasteiger partial charge in [-0.15, -0.1) is 0 Å². The first-order chi connectivity index (χ1) is 15.3. The van der Waals surface area contributed by atoms with Crippen LogP contribution in [0, 0.1) is 0 Å². The fraction of sp³-hybridized carbons (Fsp3) is 0.357. The SMILES string of the molecule is CCc1cccc(CC)c1P(c1cccc(C(C)(C)C)c1O)c1c(OC)cccc1OC. The van der Waals surface area contributed by atoms with Gasteiger partial charge < -0.3 is 14.6 Å². The number of phenols is 1. The number of para-hydroxylation sites is 1. The van der Waals surface area contributed by atoms with E-state index in [0.29, 0.717) is 5.75 Å². The van der Waals surface area contributed by atoms with E-state index in [2.05, 4.69) is 65.0 Å². The zero-order chi connectivity index (χ0) is 23.5. The molecule has 4 heteroatoms. The van der Waals surface area contributed by atoms with E-state index in [1.54, 1.807) is 14.2 Å². The predicted octanol–water partition coefficient (Wildman–Crippen LogP) is 5.59. The van der Waals surface area contributed by atoms with E-state index in [1.807, 2.05) is 24.3 Å². The van der Waals surface area contributed by atoms with Gasteiger partial charge in [0.15, 0.2) is 0 Å². The topological polar surface area (TPSA) is 38.7 Å². The molecule has 170 valence electrons. The minimum absolute atomic E-state index is 0.177. The standard InChI is InChI=1S/C28H35O3P/c1-8-19-13-10-14-20(9-2)26(19)32(27-22(30-6)16-12-17-23(27)31-7)24-18-11-15-21(25(24)29)28(3,4)5/h10-18,29H,8-9H2,1-7H3. The molecule has 0 fully saturated rings. The van der Waals surface area contributed by atoms with E-state index in [1.165, 1.54) is 16.4 Å². The summed E-state index contributed by atoms with van der Waals surface area (Å²) < 4.78 is 11.7. The average Bonchev–Trinajstić information content (AvgIpc) is 2.79. The molecule has 0 aliphatic carbocycles. The maximum atomic E-state index is 11.6. The second-order valence-electron chi connectivity index (χ2n) is 8.90. The van der Waals surface area contributed by atoms with Crippen molar-refractivity contribution in [3.8, 4) is 17.2 Å². The van der Waals surface area contributed by atoms with Gasteiger partial charge >= 0.3 is 0 Å². The van der Waals surface area contributed by atoms with Crippen LogP contribution in [-0.2, 0) is 18.3 Å². The quantitative estimate of drug-likeness (QED) is 0.477. The second kappa shape index (κ2) is 9.96. The van der Waals surface area contributed by atoms with E-state index in [4.69, 9.17) is 9.47 Å². The van der Waals surface area contributed by atoms with Crippen LogP contribution in [0.25, 0.3) is 0 Å². The molecule has 3 aromatic carbocycles. The molecule has 3 rings (SSSR count). The number of aryl methyl sites for hydroxylation is 2. The van der Waals surface area contributed by atoms with Crippen molar-refractivity contribution in [1.29, 1.82) is 0 Å². The zero-order valence-corrected chi connectivity index (χ0v) is 21.2. The summed E-state index contributed by atoms with van der Waals surface area (Å²) in [6, 6.07) is 18.6. The predicted molar refractivity (Wildman–Crippen MR) is 137 cm³/mol. The molecule has 1 unspecified atom stereocenters. The number of benzene rings is 3. The maximum absolute atomic E-state index is 11.6. The Hall–Kier alpha value is -2.51. The molecular formula is C28H35O3P. The molecule has 0 bridgehead atoms. The molecular weight excluding hydrogens is 415 g/mol. The zero-order valence-electron chi connectivity index (χ0n) is 20.3. The van der Waals surface area contributed by atoms with E-state index in [0.717, 1.165) is 40.5 Å². The van der Waals surface area contributed by atoms with Gasteiger partial charge in [0.05, 0.1) is 19.5 Å². The van der Waals surface area contributed by atoms with E-state index in [9.17, 15) is 5.11 Å². The third-order valence-electron chi connectivity index (χ3n) is 5.88. The van der Waals surface area contributed by atoms with Crippen LogP contribution in [-0.4, -0.2) is 19.3 Å². The van der Waals surface area contributed by atoms with Crippen molar-refractivity contribution < 1.29 is 14.6 Å². The third-order valence-corrected chi connectivity index (χ3v) is 8.63. The Morgan fingerprint density at radius 1 is 0.750 bits per heavy atom. The fourth-order valence-corrected chi connectivity index (χ4v) is 7.31. The Bertz CT molecular complexity index is 983. The van der Waals surface area contributed by atoms with E-state index >= 15 is 0 Å². The molecule has 0 aromatic heterocycles. The molecule has 1 N–H and O–H groups in total. The summed E-state index contributed by atoms with van der Waals surface area (Å²) in [6.07, 6.45) is 1.83. The first-order valence-electron chi connectivity index (χ1n) is 11.2. The monoisotopic (exact) mass is 450 g/mol. The Balaban J connectivity index is 2.48. The molecule has 3 aromatic rings. The molecule has 32 heavy (non-hydrogen) atoms. The molecule has 0 saturated heterocycles. The Morgan fingerprint density at radius 3 is 1.72 bits per heavy atom. The lowest BCUT2D eigenvalue weighted by molar-refractivity contribution is 0.401. The highest BCUT2D eigenvalue weighted by Crippen LogP contribution is 2.46. The summed E-state index contributed by atoms with van der Waals surface area (Å²) in [7, 11) is 2.26. The van der Waals surface area contributed by atoms with Crippen LogP contribution in [0.15, 0.2) is 54.6 Å². The van der Waals surface area contributed by atoms with Crippen LogP contribution in [0.4, 0.5) is 0 Å². The van der Waals surface area contributed by atoms with Gasteiger partial charge in [-0.3, -0.25) is 0 Å². The minimum Gasteiger partial charge on any atom is -0.507 e. The molecule has 0 spiro atoms. The van der Waals surface area contributed by atoms with Gasteiger partial charge in [-0.1, -0.05) is 77.1 Å². The first kappa shape index (κ1) is 24.1. The van der Waals surface area contributed by atoms with Crippen LogP contribution in [0.2, 0.25) is 0 Å². The number of rotatable bonds is 7. The van der Waals surface area contributed by atoms with Crippen molar-refractivity contribution in [3.63, 3.8) is 0 Å². The van der Waals surface area contributed by atoms with Crippen molar-refractivity contribution >= 4 is 23.8 Å². The molecule has 0 heterocycles. The molecule has 0 amide bonds. The van der Waals surface area contributed by atoms with Gasteiger partial charge in [-0.05, 0) is 60.3 Å². The van der Waals surface area contributed by atoms with Gasteiger partial charge in [-0.2, -0.15) is 0 Å². The average molecular weight is 451 g/mol. The van der Waals surface area contributed by atoms with Crippen LogP contribution in [0.3, 0.4) is 0 Å². The van der Waals surface area contributed by atoms with Crippen molar-refractivity contribution in [2.24, 2.45) is 0 Å². The number of ether oxygens (including phenoxy) is 2. The fourth-order valence-electron chi connectivity index (χ4n) is 4.22. The number of aromatic hydroxyl groups is 1. The number of hydrogen-bond donors (Lipinski definition) is 1. The molecule has 1 atom stereocenters. The van der Waals surface area contributed by atoms with Crippen LogP contribution in [0.1, 0.15) is 51.3 Å². The van der Waals surface area contributed by atoms with Gasteiger partial charge in [0.25, 0.3) is 0 Å². The Morgan fingerprint density at radius 2 is 1.25 bits per heavy atom. The van der Waals surface area contributed by atoms with Crippen molar-refractivity contribution in [1.82, 2.24) is 0 Å². The Labute approximate surface area is 194 Å². The summed E-state index contributed by atoms with van der Waals surface area (Å²) in [5, 5.41) is 14.8. The molecule has 0 saturated carbocycles. The normalized spacial score (nSPS) is 12.5. The maximum Gasteiger partial charge on any atom is 0.130 e. The summed E-state index contributed by atoms with van der Waals surface area (Å²) in [5.41, 5.74) is 3.36. The molecule has 3 nitrogen and oxygen atoms in total. The summed E-state index contributed by atoms with van der Waals surface area (Å²) in [6.45, 7) is 10.8. The highest BCUT2D eigenvalue weighted by atomic mass is 31.1. The Kier molecular flexibility index (Phi) is 7.51. The van der Waals surface area contributed by atoms with Crippen LogP contribution < -0.4 is 25.4 Å². The summed E-state index contributed by atoms with van der Waals surface area (Å²) in [5.74, 6) is 1.93.